The van der Waals surface area contributed by atoms with E-state index in [1.165, 1.54) is 6.42 Å². The van der Waals surface area contributed by atoms with Crippen LogP contribution in [0.25, 0.3) is 0 Å². The van der Waals surface area contributed by atoms with Gasteiger partial charge in [-0.2, -0.15) is 0 Å². The van der Waals surface area contributed by atoms with Crippen molar-refractivity contribution in [2.24, 2.45) is 0 Å². The molecule has 1 aliphatic rings. The lowest BCUT2D eigenvalue weighted by atomic mass is 9.97. The van der Waals surface area contributed by atoms with Crippen molar-refractivity contribution in [3.05, 3.63) is 29.8 Å². The van der Waals surface area contributed by atoms with Gasteiger partial charge in [0.1, 0.15) is 5.75 Å². The van der Waals surface area contributed by atoms with Crippen LogP contribution in [-0.4, -0.2) is 33.7 Å². The molecular weight excluding hydrogens is 242 g/mol. The Kier molecular flexibility index (Phi) is 4.80. The summed E-state index contributed by atoms with van der Waals surface area (Å²) in [6.07, 6.45) is 4.30. The minimum Gasteiger partial charge on any atom is -0.508 e. The monoisotopic (exact) mass is 263 g/mol. The second-order valence-electron chi connectivity index (χ2n) is 5.18. The number of carboxylic acids is 1. The van der Waals surface area contributed by atoms with Gasteiger partial charge in [-0.1, -0.05) is 24.6 Å². The van der Waals surface area contributed by atoms with Crippen molar-refractivity contribution >= 4 is 5.97 Å². The largest absolute Gasteiger partial charge is 0.508 e. The Morgan fingerprint density at radius 2 is 2.11 bits per heavy atom. The number of benzene rings is 1. The molecule has 1 unspecified atom stereocenters. The first-order valence-corrected chi connectivity index (χ1v) is 6.89. The molecule has 0 radical (unpaired) electrons. The van der Waals surface area contributed by atoms with Gasteiger partial charge in [0.25, 0.3) is 0 Å². The van der Waals surface area contributed by atoms with Crippen LogP contribution in [-0.2, 0) is 11.3 Å². The van der Waals surface area contributed by atoms with Crippen LogP contribution in [0.3, 0.4) is 0 Å². The molecule has 1 aromatic rings. The summed E-state index contributed by atoms with van der Waals surface area (Å²) in [5.74, 6) is -0.405. The van der Waals surface area contributed by atoms with E-state index in [1.54, 1.807) is 6.07 Å². The number of likely N-dealkylation sites (tertiary alicyclic amines) is 1. The maximum atomic E-state index is 10.7. The van der Waals surface area contributed by atoms with Crippen LogP contribution >= 0.6 is 0 Å². The Morgan fingerprint density at radius 1 is 1.32 bits per heavy atom. The highest BCUT2D eigenvalue weighted by atomic mass is 16.4. The summed E-state index contributed by atoms with van der Waals surface area (Å²) in [6.45, 7) is 1.69. The molecule has 4 heteroatoms. The van der Waals surface area contributed by atoms with E-state index in [4.69, 9.17) is 5.11 Å². The van der Waals surface area contributed by atoms with Crippen LogP contribution in [0.5, 0.6) is 5.75 Å². The van der Waals surface area contributed by atoms with Crippen molar-refractivity contribution in [3.8, 4) is 5.75 Å². The number of phenolic OH excluding ortho intramolecular Hbond substituents is 1. The summed E-state index contributed by atoms with van der Waals surface area (Å²) in [5.41, 5.74) is 0.921. The van der Waals surface area contributed by atoms with Gasteiger partial charge in [-0.25, -0.2) is 0 Å². The molecule has 0 bridgehead atoms. The van der Waals surface area contributed by atoms with Crippen LogP contribution < -0.4 is 0 Å². The predicted octanol–water partition coefficient (Wildman–Crippen LogP) is 2.61. The van der Waals surface area contributed by atoms with Gasteiger partial charge in [0, 0.05) is 24.6 Å². The molecule has 0 spiro atoms. The molecule has 1 aliphatic heterocycles. The lowest BCUT2D eigenvalue weighted by Crippen LogP contribution is -2.39. The van der Waals surface area contributed by atoms with E-state index in [-0.39, 0.29) is 6.42 Å². The number of aliphatic carboxylic acids is 1. The zero-order valence-corrected chi connectivity index (χ0v) is 11.1. The lowest BCUT2D eigenvalue weighted by molar-refractivity contribution is -0.137. The van der Waals surface area contributed by atoms with Crippen LogP contribution in [0.1, 0.15) is 37.7 Å². The van der Waals surface area contributed by atoms with Crippen LogP contribution in [0.15, 0.2) is 24.3 Å². The van der Waals surface area contributed by atoms with Gasteiger partial charge in [0.2, 0.25) is 0 Å². The number of para-hydroxylation sites is 1. The van der Waals surface area contributed by atoms with Gasteiger partial charge < -0.3 is 10.2 Å². The Hall–Kier alpha value is -1.55. The van der Waals surface area contributed by atoms with Crippen molar-refractivity contribution in [1.29, 1.82) is 0 Å². The van der Waals surface area contributed by atoms with Crippen molar-refractivity contribution in [3.63, 3.8) is 0 Å². The molecule has 104 valence electrons. The average molecular weight is 263 g/mol. The molecule has 0 aromatic heterocycles. The third-order valence-corrected chi connectivity index (χ3v) is 3.81. The Morgan fingerprint density at radius 3 is 2.84 bits per heavy atom. The Bertz CT molecular complexity index is 433. The first-order valence-electron chi connectivity index (χ1n) is 6.89. The molecule has 2 N–H and O–H groups in total. The zero-order valence-electron chi connectivity index (χ0n) is 11.1. The standard InChI is InChI=1S/C15H21NO3/c17-14-7-2-1-5-12(14)11-16-10-4-3-6-13(16)8-9-15(18)19/h1-2,5,7,13,17H,3-4,6,8-11H2,(H,18,19). The van der Waals surface area contributed by atoms with Gasteiger partial charge in [0.05, 0.1) is 0 Å². The van der Waals surface area contributed by atoms with E-state index in [0.29, 0.717) is 24.8 Å². The second kappa shape index (κ2) is 6.57. The molecule has 1 fully saturated rings. The molecular formula is C15H21NO3. The molecule has 0 saturated carbocycles. The van der Waals surface area contributed by atoms with E-state index < -0.39 is 5.97 Å². The van der Waals surface area contributed by atoms with Gasteiger partial charge in [-0.15, -0.1) is 0 Å². The molecule has 2 rings (SSSR count). The van der Waals surface area contributed by atoms with Crippen molar-refractivity contribution in [1.82, 2.24) is 4.90 Å². The van der Waals surface area contributed by atoms with Crippen LogP contribution in [0.4, 0.5) is 0 Å². The molecule has 1 heterocycles. The molecule has 1 saturated heterocycles. The highest BCUT2D eigenvalue weighted by Gasteiger charge is 2.23. The molecule has 0 aliphatic carbocycles. The zero-order chi connectivity index (χ0) is 13.7. The fraction of sp³-hybridized carbons (Fsp3) is 0.533. The number of rotatable bonds is 5. The molecule has 19 heavy (non-hydrogen) atoms. The fourth-order valence-electron chi connectivity index (χ4n) is 2.75. The quantitative estimate of drug-likeness (QED) is 0.857. The van der Waals surface area contributed by atoms with Crippen molar-refractivity contribution in [2.45, 2.75) is 44.7 Å². The van der Waals surface area contributed by atoms with Gasteiger partial charge in [0.15, 0.2) is 0 Å². The summed E-state index contributed by atoms with van der Waals surface area (Å²) in [4.78, 5) is 13.0. The predicted molar refractivity (Wildman–Crippen MR) is 73.0 cm³/mol. The second-order valence-corrected chi connectivity index (χ2v) is 5.18. The van der Waals surface area contributed by atoms with Gasteiger partial charge >= 0.3 is 5.97 Å². The number of hydrogen-bond acceptors (Lipinski definition) is 3. The molecule has 1 atom stereocenters. The van der Waals surface area contributed by atoms with Gasteiger partial charge in [-0.3, -0.25) is 9.69 Å². The van der Waals surface area contributed by atoms with E-state index in [1.807, 2.05) is 18.2 Å². The van der Waals surface area contributed by atoms with E-state index >= 15 is 0 Å². The number of phenols is 1. The third-order valence-electron chi connectivity index (χ3n) is 3.81. The van der Waals surface area contributed by atoms with E-state index in [0.717, 1.165) is 24.9 Å². The highest BCUT2D eigenvalue weighted by Crippen LogP contribution is 2.25. The fourth-order valence-corrected chi connectivity index (χ4v) is 2.75. The lowest BCUT2D eigenvalue weighted by Gasteiger charge is -2.35. The van der Waals surface area contributed by atoms with Crippen LogP contribution in [0.2, 0.25) is 0 Å². The normalized spacial score (nSPS) is 20.3. The first kappa shape index (κ1) is 13.9. The maximum Gasteiger partial charge on any atom is 0.303 e. The number of piperidine rings is 1. The summed E-state index contributed by atoms with van der Waals surface area (Å²) in [5, 5.41) is 18.6. The van der Waals surface area contributed by atoms with Crippen molar-refractivity contribution < 1.29 is 15.0 Å². The number of carbonyl (C=O) groups is 1. The molecule has 4 nitrogen and oxygen atoms in total. The number of aromatic hydroxyl groups is 1. The van der Waals surface area contributed by atoms with Crippen molar-refractivity contribution in [2.75, 3.05) is 6.54 Å². The summed E-state index contributed by atoms with van der Waals surface area (Å²) < 4.78 is 0. The maximum absolute atomic E-state index is 10.7. The number of nitrogens with zero attached hydrogens (tertiary/aromatic N) is 1. The Labute approximate surface area is 113 Å². The van der Waals surface area contributed by atoms with Gasteiger partial charge in [-0.05, 0) is 31.9 Å². The average Bonchev–Trinajstić information content (AvgIpc) is 2.40. The van der Waals surface area contributed by atoms with E-state index in [2.05, 4.69) is 4.90 Å². The highest BCUT2D eigenvalue weighted by molar-refractivity contribution is 5.66. The molecule has 0 amide bonds. The summed E-state index contributed by atoms with van der Waals surface area (Å²) in [7, 11) is 0. The topological polar surface area (TPSA) is 60.8 Å². The first-order chi connectivity index (χ1) is 9.16. The van der Waals surface area contributed by atoms with E-state index in [9.17, 15) is 9.90 Å². The van der Waals surface area contributed by atoms with Crippen LogP contribution in [0, 0.1) is 0 Å². The SMILES string of the molecule is O=C(O)CCC1CCCCN1Cc1ccccc1O. The smallest absolute Gasteiger partial charge is 0.303 e. The summed E-state index contributed by atoms with van der Waals surface area (Å²) >= 11 is 0. The minimum absolute atomic E-state index is 0.224. The number of hydrogen-bond donors (Lipinski definition) is 2. The number of carboxylic acid groups (broad SMARTS) is 1. The Balaban J connectivity index is 1.99. The summed E-state index contributed by atoms with van der Waals surface area (Å²) in [6, 6.07) is 7.69. The minimum atomic E-state index is -0.729. The molecule has 1 aromatic carbocycles. The third kappa shape index (κ3) is 3.96.